The van der Waals surface area contributed by atoms with Crippen molar-refractivity contribution in [3.05, 3.63) is 18.3 Å². The summed E-state index contributed by atoms with van der Waals surface area (Å²) in [5.41, 5.74) is 0.675. The summed E-state index contributed by atoms with van der Waals surface area (Å²) in [4.78, 5) is 32.8. The third kappa shape index (κ3) is 3.21. The quantitative estimate of drug-likeness (QED) is 0.886. The Morgan fingerprint density at radius 2 is 2.04 bits per heavy atom. The Morgan fingerprint density at radius 1 is 1.25 bits per heavy atom. The van der Waals surface area contributed by atoms with Crippen LogP contribution in [0.15, 0.2) is 18.3 Å². The van der Waals surface area contributed by atoms with Crippen molar-refractivity contribution in [3.63, 3.8) is 0 Å². The van der Waals surface area contributed by atoms with Gasteiger partial charge in [0.25, 0.3) is 0 Å². The molecule has 0 spiro atoms. The number of ether oxygens (including phenoxy) is 1. The zero-order valence-corrected chi connectivity index (χ0v) is 13.6. The largest absolute Gasteiger partial charge is 0.378 e. The first-order chi connectivity index (χ1) is 11.7. The van der Waals surface area contributed by atoms with Gasteiger partial charge in [-0.1, -0.05) is 0 Å². The predicted molar refractivity (Wildman–Crippen MR) is 88.7 cm³/mol. The molecule has 24 heavy (non-hydrogen) atoms. The molecule has 2 amide bonds. The molecule has 3 fully saturated rings. The Morgan fingerprint density at radius 3 is 2.71 bits per heavy atom. The Kier molecular flexibility index (Phi) is 4.10. The fraction of sp³-hybridized carbons (Fsp3) is 0.588. The van der Waals surface area contributed by atoms with Crippen LogP contribution < -0.4 is 10.2 Å². The molecule has 128 valence electrons. The number of carbonyl (C=O) groups is 2. The number of likely N-dealkylation sites (tertiary alicyclic amines) is 1. The van der Waals surface area contributed by atoms with Gasteiger partial charge in [-0.05, 0) is 25.0 Å². The van der Waals surface area contributed by atoms with Crippen LogP contribution in [0.5, 0.6) is 0 Å². The monoisotopic (exact) mass is 330 g/mol. The van der Waals surface area contributed by atoms with Gasteiger partial charge in [-0.25, -0.2) is 4.98 Å². The summed E-state index contributed by atoms with van der Waals surface area (Å²) in [6.45, 7) is 3.65. The van der Waals surface area contributed by atoms with Crippen LogP contribution in [0.3, 0.4) is 0 Å². The van der Waals surface area contributed by atoms with E-state index in [9.17, 15) is 9.59 Å². The molecule has 1 N–H and O–H groups in total. The number of amides is 2. The van der Waals surface area contributed by atoms with Crippen LogP contribution in [0.25, 0.3) is 0 Å². The summed E-state index contributed by atoms with van der Waals surface area (Å²) >= 11 is 0. The third-order valence-electron chi connectivity index (χ3n) is 4.87. The average molecular weight is 330 g/mol. The maximum absolute atomic E-state index is 12.4. The normalized spacial score (nSPS) is 24.3. The second kappa shape index (κ2) is 6.39. The van der Waals surface area contributed by atoms with E-state index in [0.29, 0.717) is 37.9 Å². The smallest absolute Gasteiger partial charge is 0.229 e. The number of aromatic nitrogens is 1. The first kappa shape index (κ1) is 15.4. The molecule has 4 rings (SSSR count). The van der Waals surface area contributed by atoms with Crippen molar-refractivity contribution in [1.29, 1.82) is 0 Å². The molecule has 0 bridgehead atoms. The molecule has 1 saturated carbocycles. The summed E-state index contributed by atoms with van der Waals surface area (Å²) in [5, 5.41) is 2.89. The summed E-state index contributed by atoms with van der Waals surface area (Å²) in [5.74, 6) is 0.662. The molecule has 1 aromatic heterocycles. The molecule has 0 aromatic carbocycles. The van der Waals surface area contributed by atoms with Gasteiger partial charge in [0, 0.05) is 32.1 Å². The van der Waals surface area contributed by atoms with E-state index in [0.717, 1.165) is 31.7 Å². The van der Waals surface area contributed by atoms with Gasteiger partial charge in [-0.15, -0.1) is 0 Å². The first-order valence-corrected chi connectivity index (χ1v) is 8.60. The van der Waals surface area contributed by atoms with Crippen molar-refractivity contribution >= 4 is 23.3 Å². The average Bonchev–Trinajstić information content (AvgIpc) is 3.38. The lowest BCUT2D eigenvalue weighted by molar-refractivity contribution is -0.128. The number of morpholine rings is 1. The van der Waals surface area contributed by atoms with Crippen molar-refractivity contribution < 1.29 is 14.3 Å². The summed E-state index contributed by atoms with van der Waals surface area (Å²) < 4.78 is 5.34. The molecule has 1 atom stereocenters. The van der Waals surface area contributed by atoms with E-state index in [2.05, 4.69) is 15.2 Å². The molecule has 3 aliphatic rings. The lowest BCUT2D eigenvalue weighted by Crippen LogP contribution is -2.36. The minimum atomic E-state index is -0.253. The van der Waals surface area contributed by atoms with E-state index < -0.39 is 0 Å². The maximum atomic E-state index is 12.4. The number of rotatable bonds is 4. The van der Waals surface area contributed by atoms with Gasteiger partial charge in [0.1, 0.15) is 5.82 Å². The highest BCUT2D eigenvalue weighted by Gasteiger charge is 2.41. The lowest BCUT2D eigenvalue weighted by atomic mass is 10.1. The van der Waals surface area contributed by atoms with Crippen LogP contribution in [0.1, 0.15) is 19.3 Å². The topological polar surface area (TPSA) is 74.8 Å². The van der Waals surface area contributed by atoms with Crippen molar-refractivity contribution in [2.75, 3.05) is 43.1 Å². The number of nitrogens with zero attached hydrogens (tertiary/aromatic N) is 3. The van der Waals surface area contributed by atoms with Gasteiger partial charge in [0.15, 0.2) is 0 Å². The number of pyridine rings is 1. The third-order valence-corrected chi connectivity index (χ3v) is 4.87. The maximum Gasteiger partial charge on any atom is 0.229 e. The minimum absolute atomic E-state index is 0.0903. The molecule has 3 heterocycles. The minimum Gasteiger partial charge on any atom is -0.378 e. The first-order valence-electron chi connectivity index (χ1n) is 8.60. The molecular weight excluding hydrogens is 308 g/mol. The summed E-state index contributed by atoms with van der Waals surface area (Å²) in [7, 11) is 0. The standard InChI is InChI=1S/C17H22N4O3/c22-16-9-12(11-21(16)14-2-3-14)17(23)19-13-1-4-15(18-10-13)20-5-7-24-8-6-20/h1,4,10,12,14H,2-3,5-9,11H2,(H,19,23)/t12-/m1/s1. The van der Waals surface area contributed by atoms with Crippen molar-refractivity contribution in [3.8, 4) is 0 Å². The van der Waals surface area contributed by atoms with Gasteiger partial charge < -0.3 is 19.9 Å². The fourth-order valence-corrected chi connectivity index (χ4v) is 3.33. The van der Waals surface area contributed by atoms with E-state index in [4.69, 9.17) is 4.74 Å². The van der Waals surface area contributed by atoms with Crippen LogP contribution in [0.4, 0.5) is 11.5 Å². The molecule has 1 aliphatic carbocycles. The van der Waals surface area contributed by atoms with Crippen molar-refractivity contribution in [2.45, 2.75) is 25.3 Å². The highest BCUT2D eigenvalue weighted by atomic mass is 16.5. The zero-order valence-electron chi connectivity index (χ0n) is 13.6. The van der Waals surface area contributed by atoms with Crippen LogP contribution in [-0.4, -0.2) is 60.6 Å². The molecule has 2 aliphatic heterocycles. The Bertz CT molecular complexity index is 623. The second-order valence-electron chi connectivity index (χ2n) is 6.67. The van der Waals surface area contributed by atoms with E-state index >= 15 is 0 Å². The van der Waals surface area contributed by atoms with Crippen LogP contribution in [-0.2, 0) is 14.3 Å². The zero-order chi connectivity index (χ0) is 16.5. The summed E-state index contributed by atoms with van der Waals surface area (Å²) in [6, 6.07) is 4.16. The van der Waals surface area contributed by atoms with E-state index in [1.807, 2.05) is 17.0 Å². The van der Waals surface area contributed by atoms with Gasteiger partial charge in [0.2, 0.25) is 11.8 Å². The fourth-order valence-electron chi connectivity index (χ4n) is 3.33. The highest BCUT2D eigenvalue weighted by molar-refractivity contribution is 5.97. The van der Waals surface area contributed by atoms with Gasteiger partial charge in [-0.2, -0.15) is 0 Å². The van der Waals surface area contributed by atoms with Crippen molar-refractivity contribution in [1.82, 2.24) is 9.88 Å². The van der Waals surface area contributed by atoms with E-state index in [1.165, 1.54) is 0 Å². The SMILES string of the molecule is O=C(Nc1ccc(N2CCOCC2)nc1)[C@@H]1CC(=O)N(C2CC2)C1. The molecule has 1 aromatic rings. The second-order valence-corrected chi connectivity index (χ2v) is 6.67. The van der Waals surface area contributed by atoms with Crippen LogP contribution in [0.2, 0.25) is 0 Å². The molecule has 0 radical (unpaired) electrons. The molecule has 2 saturated heterocycles. The molecular formula is C17H22N4O3. The Balaban J connectivity index is 1.34. The predicted octanol–water partition coefficient (Wildman–Crippen LogP) is 0.868. The lowest BCUT2D eigenvalue weighted by Gasteiger charge is -2.27. The van der Waals surface area contributed by atoms with Gasteiger partial charge in [-0.3, -0.25) is 9.59 Å². The van der Waals surface area contributed by atoms with Gasteiger partial charge in [0.05, 0.1) is 31.0 Å². The molecule has 7 heteroatoms. The van der Waals surface area contributed by atoms with Gasteiger partial charge >= 0.3 is 0 Å². The van der Waals surface area contributed by atoms with E-state index in [-0.39, 0.29) is 17.7 Å². The van der Waals surface area contributed by atoms with Crippen LogP contribution >= 0.6 is 0 Å². The molecule has 7 nitrogen and oxygen atoms in total. The number of nitrogens with one attached hydrogen (secondary N) is 1. The van der Waals surface area contributed by atoms with E-state index in [1.54, 1.807) is 6.20 Å². The number of anilines is 2. The van der Waals surface area contributed by atoms with Crippen molar-refractivity contribution in [2.24, 2.45) is 5.92 Å². The summed E-state index contributed by atoms with van der Waals surface area (Å²) in [6.07, 6.45) is 4.15. The number of carbonyl (C=O) groups excluding carboxylic acids is 2. The molecule has 0 unspecified atom stereocenters. The number of hydrogen-bond acceptors (Lipinski definition) is 5. The number of hydrogen-bond donors (Lipinski definition) is 1. The Hall–Kier alpha value is -2.15. The highest BCUT2D eigenvalue weighted by Crippen LogP contribution is 2.33. The Labute approximate surface area is 141 Å². The van der Waals surface area contributed by atoms with Crippen LogP contribution in [0, 0.1) is 5.92 Å².